The molecular weight excluding hydrogens is 400 g/mol. The molecule has 1 aliphatic heterocycles. The summed E-state index contributed by atoms with van der Waals surface area (Å²) in [6.07, 6.45) is -0.565. The zero-order chi connectivity index (χ0) is 21.7. The fourth-order valence-electron chi connectivity index (χ4n) is 3.62. The van der Waals surface area contributed by atoms with Crippen LogP contribution in [0.2, 0.25) is 0 Å². The van der Waals surface area contributed by atoms with Gasteiger partial charge in [0.05, 0.1) is 17.4 Å². The molecule has 1 N–H and O–H groups in total. The summed E-state index contributed by atoms with van der Waals surface area (Å²) in [6, 6.07) is 7.63. The van der Waals surface area contributed by atoms with E-state index >= 15 is 0 Å². The Labute approximate surface area is 183 Å². The lowest BCUT2D eigenvalue weighted by molar-refractivity contribution is 0.0500. The van der Waals surface area contributed by atoms with Gasteiger partial charge in [-0.15, -0.1) is 11.8 Å². The summed E-state index contributed by atoms with van der Waals surface area (Å²) in [5.41, 5.74) is 2.61. The van der Waals surface area contributed by atoms with Crippen molar-refractivity contribution in [2.24, 2.45) is 0 Å². The highest BCUT2D eigenvalue weighted by molar-refractivity contribution is 7.98. The molecule has 164 valence electrons. The van der Waals surface area contributed by atoms with Gasteiger partial charge in [-0.25, -0.2) is 0 Å². The molecule has 1 aromatic carbocycles. The summed E-state index contributed by atoms with van der Waals surface area (Å²) >= 11 is 1.60. The van der Waals surface area contributed by atoms with Crippen LogP contribution in [0.4, 0.5) is 0 Å². The van der Waals surface area contributed by atoms with E-state index < -0.39 is 6.10 Å². The Bertz CT molecular complexity index is 829. The third kappa shape index (κ3) is 5.85. The summed E-state index contributed by atoms with van der Waals surface area (Å²) in [6.45, 7) is 8.66. The first-order chi connectivity index (χ1) is 14.3. The molecule has 0 saturated carbocycles. The molecule has 8 heteroatoms. The van der Waals surface area contributed by atoms with Crippen molar-refractivity contribution in [1.29, 1.82) is 0 Å². The standard InChI is InChI=1S/C22H32N4O3S/c1-16-20(17(2)29-23-16)15-30-21-8-6-5-7-19(21)22(28)25(4)13-18(27)14-26-11-9-24(3)10-12-26/h5-8,18,27H,9-15H2,1-4H3/t18-/m0/s1. The van der Waals surface area contributed by atoms with Gasteiger partial charge in [0, 0.05) is 62.5 Å². The van der Waals surface area contributed by atoms with E-state index in [1.807, 2.05) is 38.1 Å². The molecule has 1 aromatic heterocycles. The predicted octanol–water partition coefficient (Wildman–Crippen LogP) is 2.26. The van der Waals surface area contributed by atoms with E-state index in [4.69, 9.17) is 4.52 Å². The Hall–Kier alpha value is -1.87. The van der Waals surface area contributed by atoms with Gasteiger partial charge in [0.25, 0.3) is 5.91 Å². The highest BCUT2D eigenvalue weighted by atomic mass is 32.2. The molecule has 2 heterocycles. The van der Waals surface area contributed by atoms with Crippen molar-refractivity contribution < 1.29 is 14.4 Å². The SMILES string of the molecule is Cc1noc(C)c1CSc1ccccc1C(=O)N(C)C[C@H](O)CN1CCN(C)CC1. The lowest BCUT2D eigenvalue weighted by atomic mass is 10.2. The summed E-state index contributed by atoms with van der Waals surface area (Å²) in [5.74, 6) is 1.43. The summed E-state index contributed by atoms with van der Waals surface area (Å²) < 4.78 is 5.24. The number of aliphatic hydroxyl groups excluding tert-OH is 1. The van der Waals surface area contributed by atoms with Crippen LogP contribution in [0.5, 0.6) is 0 Å². The first kappa shape index (κ1) is 22.8. The smallest absolute Gasteiger partial charge is 0.254 e. The Kier molecular flexibility index (Phi) is 7.93. The normalized spacial score (nSPS) is 16.6. The first-order valence-corrected chi connectivity index (χ1v) is 11.3. The molecule has 2 aromatic rings. The molecular formula is C22H32N4O3S. The number of hydrogen-bond donors (Lipinski definition) is 1. The van der Waals surface area contributed by atoms with Crippen molar-refractivity contribution >= 4 is 17.7 Å². The van der Waals surface area contributed by atoms with Gasteiger partial charge in [-0.3, -0.25) is 9.69 Å². The van der Waals surface area contributed by atoms with Crippen molar-refractivity contribution in [3.8, 4) is 0 Å². The Balaban J connectivity index is 1.59. The fourth-order valence-corrected chi connectivity index (χ4v) is 4.82. The van der Waals surface area contributed by atoms with Crippen LogP contribution >= 0.6 is 11.8 Å². The molecule has 0 bridgehead atoms. The Morgan fingerprint density at radius 2 is 1.97 bits per heavy atom. The monoisotopic (exact) mass is 432 g/mol. The maximum atomic E-state index is 13.1. The quantitative estimate of drug-likeness (QED) is 0.642. The number of aryl methyl sites for hydroxylation is 2. The van der Waals surface area contributed by atoms with Crippen LogP contribution in [0.25, 0.3) is 0 Å². The number of amides is 1. The van der Waals surface area contributed by atoms with Crippen molar-refractivity contribution in [2.75, 3.05) is 53.4 Å². The molecule has 1 aliphatic rings. The van der Waals surface area contributed by atoms with E-state index in [0.717, 1.165) is 48.1 Å². The van der Waals surface area contributed by atoms with Gasteiger partial charge in [0.2, 0.25) is 0 Å². The zero-order valence-corrected chi connectivity index (χ0v) is 19.1. The second-order valence-electron chi connectivity index (χ2n) is 8.03. The number of benzene rings is 1. The van der Waals surface area contributed by atoms with Gasteiger partial charge in [0.15, 0.2) is 0 Å². The lowest BCUT2D eigenvalue weighted by Crippen LogP contribution is -2.49. The largest absolute Gasteiger partial charge is 0.390 e. The lowest BCUT2D eigenvalue weighted by Gasteiger charge is -2.34. The van der Waals surface area contributed by atoms with Gasteiger partial charge < -0.3 is 19.4 Å². The number of likely N-dealkylation sites (N-methyl/N-ethyl adjacent to an activating group) is 2. The van der Waals surface area contributed by atoms with Gasteiger partial charge in [-0.05, 0) is 33.0 Å². The maximum absolute atomic E-state index is 13.1. The minimum absolute atomic E-state index is 0.0747. The van der Waals surface area contributed by atoms with E-state index in [9.17, 15) is 9.90 Å². The zero-order valence-electron chi connectivity index (χ0n) is 18.3. The molecule has 0 radical (unpaired) electrons. The minimum atomic E-state index is -0.565. The summed E-state index contributed by atoms with van der Waals surface area (Å²) in [5, 5.41) is 14.5. The van der Waals surface area contributed by atoms with E-state index in [-0.39, 0.29) is 5.91 Å². The minimum Gasteiger partial charge on any atom is -0.390 e. The molecule has 1 atom stereocenters. The molecule has 0 aliphatic carbocycles. The van der Waals surface area contributed by atoms with Crippen LogP contribution in [0.1, 0.15) is 27.4 Å². The molecule has 0 spiro atoms. The second kappa shape index (κ2) is 10.4. The number of thioether (sulfide) groups is 1. The number of piperazine rings is 1. The van der Waals surface area contributed by atoms with Crippen LogP contribution in [0, 0.1) is 13.8 Å². The average Bonchev–Trinajstić information content (AvgIpc) is 3.05. The predicted molar refractivity (Wildman–Crippen MR) is 119 cm³/mol. The summed E-state index contributed by atoms with van der Waals surface area (Å²) in [4.78, 5) is 20.2. The highest BCUT2D eigenvalue weighted by Gasteiger charge is 2.22. The van der Waals surface area contributed by atoms with Gasteiger partial charge >= 0.3 is 0 Å². The van der Waals surface area contributed by atoms with Crippen molar-refractivity contribution in [3.05, 3.63) is 46.8 Å². The third-order valence-electron chi connectivity index (χ3n) is 5.57. The van der Waals surface area contributed by atoms with Crippen LogP contribution < -0.4 is 0 Å². The molecule has 3 rings (SSSR count). The number of rotatable bonds is 8. The topological polar surface area (TPSA) is 73.0 Å². The second-order valence-corrected chi connectivity index (χ2v) is 9.05. The van der Waals surface area contributed by atoms with Crippen molar-refractivity contribution in [1.82, 2.24) is 19.9 Å². The average molecular weight is 433 g/mol. The summed E-state index contributed by atoms with van der Waals surface area (Å²) in [7, 11) is 3.87. The van der Waals surface area contributed by atoms with Gasteiger partial charge in [0.1, 0.15) is 5.76 Å². The number of hydrogen-bond acceptors (Lipinski definition) is 7. The number of aromatic nitrogens is 1. The Morgan fingerprint density at radius 1 is 1.27 bits per heavy atom. The number of carbonyl (C=O) groups is 1. The van der Waals surface area contributed by atoms with Crippen molar-refractivity contribution in [2.45, 2.75) is 30.6 Å². The van der Waals surface area contributed by atoms with E-state index in [0.29, 0.717) is 24.4 Å². The van der Waals surface area contributed by atoms with Gasteiger partial charge in [-0.2, -0.15) is 0 Å². The first-order valence-electron chi connectivity index (χ1n) is 10.3. The van der Waals surface area contributed by atoms with Gasteiger partial charge in [-0.1, -0.05) is 17.3 Å². The molecule has 1 fully saturated rings. The van der Waals surface area contributed by atoms with Crippen LogP contribution in [0.3, 0.4) is 0 Å². The van der Waals surface area contributed by atoms with E-state index in [1.54, 1.807) is 23.7 Å². The van der Waals surface area contributed by atoms with E-state index in [1.165, 1.54) is 0 Å². The van der Waals surface area contributed by atoms with Crippen LogP contribution in [-0.2, 0) is 5.75 Å². The maximum Gasteiger partial charge on any atom is 0.254 e. The highest BCUT2D eigenvalue weighted by Crippen LogP contribution is 2.29. The molecule has 1 saturated heterocycles. The van der Waals surface area contributed by atoms with Crippen LogP contribution in [0.15, 0.2) is 33.7 Å². The van der Waals surface area contributed by atoms with Crippen molar-refractivity contribution in [3.63, 3.8) is 0 Å². The molecule has 7 nitrogen and oxygen atoms in total. The molecule has 0 unspecified atom stereocenters. The molecule has 30 heavy (non-hydrogen) atoms. The molecule has 1 amide bonds. The van der Waals surface area contributed by atoms with E-state index in [2.05, 4.69) is 22.0 Å². The third-order valence-corrected chi connectivity index (χ3v) is 6.67. The number of nitrogens with zero attached hydrogens (tertiary/aromatic N) is 4. The Morgan fingerprint density at radius 3 is 2.63 bits per heavy atom. The fraction of sp³-hybridized carbons (Fsp3) is 0.545. The van der Waals surface area contributed by atoms with Crippen LogP contribution in [-0.4, -0.2) is 90.3 Å². The number of carbonyl (C=O) groups excluding carboxylic acids is 1. The number of aliphatic hydroxyl groups is 1. The number of β-amino-alcohol motifs (C(OH)–C–C–N with tert-alkyl or cyclic N) is 1.